The van der Waals surface area contributed by atoms with E-state index in [0.717, 1.165) is 30.8 Å². The Hall–Kier alpha value is -0.470. The number of sulfonamides is 1. The average molecular weight is 332 g/mol. The van der Waals surface area contributed by atoms with Gasteiger partial charge in [-0.25, -0.2) is 13.1 Å². The summed E-state index contributed by atoms with van der Waals surface area (Å²) < 4.78 is 27.5. The van der Waals surface area contributed by atoms with Crippen molar-refractivity contribution in [1.82, 2.24) is 14.9 Å². The van der Waals surface area contributed by atoms with Crippen LogP contribution in [0.15, 0.2) is 16.3 Å². The van der Waals surface area contributed by atoms with E-state index in [-0.39, 0.29) is 5.41 Å². The van der Waals surface area contributed by atoms with Crippen LogP contribution >= 0.6 is 11.3 Å². The molecule has 0 amide bonds. The summed E-state index contributed by atoms with van der Waals surface area (Å²) in [6.45, 7) is 5.44. The first-order chi connectivity index (χ1) is 9.85. The molecule has 0 saturated carbocycles. The van der Waals surface area contributed by atoms with E-state index in [4.69, 9.17) is 0 Å². The summed E-state index contributed by atoms with van der Waals surface area (Å²) in [5, 5.41) is 4.75. The minimum Gasteiger partial charge on any atom is -0.315 e. The quantitative estimate of drug-likeness (QED) is 0.829. The van der Waals surface area contributed by atoms with Crippen molar-refractivity contribution in [3.8, 4) is 0 Å². The number of likely N-dealkylation sites (tertiary alicyclic amines) is 1. The van der Waals surface area contributed by atoms with Gasteiger partial charge in [0.1, 0.15) is 0 Å². The third-order valence-electron chi connectivity index (χ3n) is 4.17. The molecule has 0 aliphatic carbocycles. The number of nitrogens with zero attached hydrogens (tertiary/aromatic N) is 1. The molecule has 0 radical (unpaired) electrons. The smallest absolute Gasteiger partial charge is 0.241 e. The molecule has 2 rings (SSSR count). The zero-order valence-electron chi connectivity index (χ0n) is 13.0. The van der Waals surface area contributed by atoms with Crippen LogP contribution in [0.25, 0.3) is 0 Å². The van der Waals surface area contributed by atoms with E-state index < -0.39 is 10.0 Å². The van der Waals surface area contributed by atoms with E-state index in [9.17, 15) is 8.42 Å². The molecule has 1 fully saturated rings. The molecule has 1 aliphatic rings. The number of hydrogen-bond donors (Lipinski definition) is 2. The van der Waals surface area contributed by atoms with Gasteiger partial charge in [-0.1, -0.05) is 6.92 Å². The van der Waals surface area contributed by atoms with E-state index in [1.54, 1.807) is 11.4 Å². The summed E-state index contributed by atoms with van der Waals surface area (Å²) >= 11 is 1.47. The van der Waals surface area contributed by atoms with Gasteiger partial charge in [0.25, 0.3) is 0 Å². The van der Waals surface area contributed by atoms with Gasteiger partial charge in [0, 0.05) is 23.3 Å². The highest BCUT2D eigenvalue weighted by molar-refractivity contribution is 7.89. The Balaban J connectivity index is 1.97. The van der Waals surface area contributed by atoms with Gasteiger partial charge in [0.2, 0.25) is 10.0 Å². The maximum absolute atomic E-state index is 12.4. The standard InChI is InChI=1S/C14H25N3O2S2/c1-14(4-6-17(3)7-5-14)11-16-21(18,19)13-8-12(9-15-2)20-10-13/h8,10,15-16H,4-7,9,11H2,1-3H3. The van der Waals surface area contributed by atoms with Crippen molar-refractivity contribution in [2.75, 3.05) is 33.7 Å². The van der Waals surface area contributed by atoms with E-state index in [1.165, 1.54) is 11.3 Å². The maximum atomic E-state index is 12.4. The molecule has 1 aromatic rings. The first-order valence-electron chi connectivity index (χ1n) is 7.25. The molecule has 21 heavy (non-hydrogen) atoms. The van der Waals surface area contributed by atoms with Crippen molar-refractivity contribution >= 4 is 21.4 Å². The highest BCUT2D eigenvalue weighted by Crippen LogP contribution is 2.30. The fourth-order valence-corrected chi connectivity index (χ4v) is 4.94. The molecule has 0 spiro atoms. The van der Waals surface area contributed by atoms with Crippen LogP contribution in [0.5, 0.6) is 0 Å². The fourth-order valence-electron chi connectivity index (χ4n) is 2.46. The van der Waals surface area contributed by atoms with E-state index >= 15 is 0 Å². The van der Waals surface area contributed by atoms with Crippen molar-refractivity contribution < 1.29 is 8.42 Å². The van der Waals surface area contributed by atoms with Crippen LogP contribution < -0.4 is 10.0 Å². The van der Waals surface area contributed by atoms with Crippen molar-refractivity contribution in [3.05, 3.63) is 16.3 Å². The van der Waals surface area contributed by atoms with Crippen LogP contribution in [0, 0.1) is 5.41 Å². The first-order valence-corrected chi connectivity index (χ1v) is 9.61. The third-order valence-corrected chi connectivity index (χ3v) is 6.64. The molecule has 1 aliphatic heterocycles. The molecule has 5 nitrogen and oxygen atoms in total. The van der Waals surface area contributed by atoms with Crippen LogP contribution in [0.2, 0.25) is 0 Å². The highest BCUT2D eigenvalue weighted by Gasteiger charge is 2.30. The lowest BCUT2D eigenvalue weighted by atomic mass is 9.81. The monoisotopic (exact) mass is 331 g/mol. The molecule has 1 saturated heterocycles. The van der Waals surface area contributed by atoms with Crippen molar-refractivity contribution in [1.29, 1.82) is 0 Å². The lowest BCUT2D eigenvalue weighted by Crippen LogP contribution is -2.43. The van der Waals surface area contributed by atoms with Crippen LogP contribution in [0.4, 0.5) is 0 Å². The summed E-state index contributed by atoms with van der Waals surface area (Å²) in [7, 11) is 0.574. The topological polar surface area (TPSA) is 61.4 Å². The second-order valence-electron chi connectivity index (χ2n) is 6.22. The molecular formula is C14H25N3O2S2. The van der Waals surface area contributed by atoms with Gasteiger partial charge in [-0.2, -0.15) is 0 Å². The molecule has 0 unspecified atom stereocenters. The molecule has 2 heterocycles. The second kappa shape index (κ2) is 6.75. The van der Waals surface area contributed by atoms with Gasteiger partial charge in [0.05, 0.1) is 4.90 Å². The largest absolute Gasteiger partial charge is 0.315 e. The predicted octanol–water partition coefficient (Wildman–Crippen LogP) is 1.48. The molecule has 7 heteroatoms. The Labute approximate surface area is 131 Å². The Morgan fingerprint density at radius 1 is 1.38 bits per heavy atom. The summed E-state index contributed by atoms with van der Waals surface area (Å²) in [6, 6.07) is 1.75. The van der Waals surface area contributed by atoms with Gasteiger partial charge in [-0.3, -0.25) is 0 Å². The summed E-state index contributed by atoms with van der Waals surface area (Å²) in [6.07, 6.45) is 2.06. The normalized spacial score (nSPS) is 19.8. The lowest BCUT2D eigenvalue weighted by Gasteiger charge is -2.37. The zero-order chi connectivity index (χ0) is 15.5. The predicted molar refractivity (Wildman–Crippen MR) is 87.1 cm³/mol. The summed E-state index contributed by atoms with van der Waals surface area (Å²) in [5.74, 6) is 0. The minimum atomic E-state index is -3.39. The Morgan fingerprint density at radius 2 is 2.05 bits per heavy atom. The van der Waals surface area contributed by atoms with Gasteiger partial charge in [0.15, 0.2) is 0 Å². The molecule has 0 atom stereocenters. The number of hydrogen-bond acceptors (Lipinski definition) is 5. The molecule has 0 aromatic carbocycles. The fraction of sp³-hybridized carbons (Fsp3) is 0.714. The number of piperidine rings is 1. The number of rotatable bonds is 6. The zero-order valence-corrected chi connectivity index (χ0v) is 14.6. The van der Waals surface area contributed by atoms with Gasteiger partial charge >= 0.3 is 0 Å². The van der Waals surface area contributed by atoms with Crippen LogP contribution in [0.1, 0.15) is 24.6 Å². The maximum Gasteiger partial charge on any atom is 0.241 e. The van der Waals surface area contributed by atoms with Crippen LogP contribution in [0.3, 0.4) is 0 Å². The lowest BCUT2D eigenvalue weighted by molar-refractivity contribution is 0.143. The molecule has 120 valence electrons. The van der Waals surface area contributed by atoms with Crippen molar-refractivity contribution in [3.63, 3.8) is 0 Å². The number of thiophene rings is 1. The molecule has 1 aromatic heterocycles. The van der Waals surface area contributed by atoms with Crippen molar-refractivity contribution in [2.45, 2.75) is 31.2 Å². The van der Waals surface area contributed by atoms with Crippen molar-refractivity contribution in [2.24, 2.45) is 5.41 Å². The van der Waals surface area contributed by atoms with Gasteiger partial charge in [-0.15, -0.1) is 11.3 Å². The third kappa shape index (κ3) is 4.50. The Bertz CT molecular complexity index is 561. The molecule has 2 N–H and O–H groups in total. The Morgan fingerprint density at radius 3 is 2.67 bits per heavy atom. The number of nitrogens with one attached hydrogen (secondary N) is 2. The van der Waals surface area contributed by atoms with E-state index in [2.05, 4.69) is 28.9 Å². The summed E-state index contributed by atoms with van der Waals surface area (Å²) in [5.41, 5.74) is 0.0589. The second-order valence-corrected chi connectivity index (χ2v) is 8.98. The van der Waals surface area contributed by atoms with Crippen LogP contribution in [-0.4, -0.2) is 47.0 Å². The van der Waals surface area contributed by atoms with E-state index in [1.807, 2.05) is 7.05 Å². The summed E-state index contributed by atoms with van der Waals surface area (Å²) in [4.78, 5) is 3.71. The van der Waals surface area contributed by atoms with Gasteiger partial charge in [-0.05, 0) is 51.5 Å². The minimum absolute atomic E-state index is 0.0589. The Kier molecular flexibility index (Phi) is 5.43. The highest BCUT2D eigenvalue weighted by atomic mass is 32.2. The van der Waals surface area contributed by atoms with Crippen LogP contribution in [-0.2, 0) is 16.6 Å². The van der Waals surface area contributed by atoms with Gasteiger partial charge < -0.3 is 10.2 Å². The molecule has 0 bridgehead atoms. The van der Waals surface area contributed by atoms with E-state index in [0.29, 0.717) is 18.0 Å². The SMILES string of the molecule is CNCc1cc(S(=O)(=O)NCC2(C)CCN(C)CC2)cs1. The molecular weight excluding hydrogens is 306 g/mol. The average Bonchev–Trinajstić information content (AvgIpc) is 2.91. The first kappa shape index (κ1) is 16.9.